The van der Waals surface area contributed by atoms with Gasteiger partial charge in [0.15, 0.2) is 0 Å². The zero-order valence-corrected chi connectivity index (χ0v) is 11.6. The molecule has 0 fully saturated rings. The van der Waals surface area contributed by atoms with Crippen LogP contribution < -0.4 is 5.32 Å². The van der Waals surface area contributed by atoms with Gasteiger partial charge in [-0.3, -0.25) is 0 Å². The van der Waals surface area contributed by atoms with Crippen molar-refractivity contribution in [2.45, 2.75) is 52.5 Å². The molecule has 2 atom stereocenters. The lowest BCUT2D eigenvalue weighted by molar-refractivity contribution is 0.300. The third-order valence-corrected chi connectivity index (χ3v) is 3.90. The molecule has 17 heavy (non-hydrogen) atoms. The van der Waals surface area contributed by atoms with Crippen LogP contribution in [0.2, 0.25) is 0 Å². The van der Waals surface area contributed by atoms with Gasteiger partial charge in [0.1, 0.15) is 0 Å². The second-order valence-corrected chi connectivity index (χ2v) is 6.29. The van der Waals surface area contributed by atoms with Crippen molar-refractivity contribution >= 4 is 0 Å². The van der Waals surface area contributed by atoms with E-state index in [4.69, 9.17) is 0 Å². The van der Waals surface area contributed by atoms with E-state index >= 15 is 0 Å². The Hall–Kier alpha value is -0.820. The molecule has 1 aliphatic carbocycles. The highest BCUT2D eigenvalue weighted by molar-refractivity contribution is 5.39. The van der Waals surface area contributed by atoms with E-state index in [1.165, 1.54) is 18.4 Å². The third kappa shape index (κ3) is 2.55. The Kier molecular flexibility index (Phi) is 3.58. The van der Waals surface area contributed by atoms with Crippen LogP contribution in [0.3, 0.4) is 0 Å². The number of rotatable bonds is 3. The van der Waals surface area contributed by atoms with Gasteiger partial charge in [-0.1, -0.05) is 52.0 Å². The van der Waals surface area contributed by atoms with Crippen LogP contribution in [-0.2, 0) is 0 Å². The van der Waals surface area contributed by atoms with Crippen molar-refractivity contribution in [3.63, 3.8) is 0 Å². The van der Waals surface area contributed by atoms with Crippen molar-refractivity contribution in [2.24, 2.45) is 5.41 Å². The molecular formula is C16H25N. The van der Waals surface area contributed by atoms with E-state index in [1.54, 1.807) is 5.56 Å². The smallest absolute Gasteiger partial charge is 0.0329 e. The minimum absolute atomic E-state index is 0.360. The fourth-order valence-corrected chi connectivity index (χ4v) is 2.97. The Balaban J connectivity index is 2.26. The van der Waals surface area contributed by atoms with Crippen LogP contribution in [-0.4, -0.2) is 6.54 Å². The molecule has 0 heterocycles. The molecule has 2 rings (SSSR count). The Bertz CT molecular complexity index is 375. The van der Waals surface area contributed by atoms with Crippen molar-refractivity contribution in [1.82, 2.24) is 5.32 Å². The van der Waals surface area contributed by atoms with Crippen LogP contribution in [0, 0.1) is 5.41 Å². The first-order chi connectivity index (χ1) is 8.04. The van der Waals surface area contributed by atoms with Gasteiger partial charge in [-0.15, -0.1) is 0 Å². The van der Waals surface area contributed by atoms with E-state index < -0.39 is 0 Å². The average molecular weight is 231 g/mol. The normalized spacial score (nSPS) is 23.8. The minimum atomic E-state index is 0.360. The Morgan fingerprint density at radius 2 is 1.82 bits per heavy atom. The Morgan fingerprint density at radius 3 is 2.41 bits per heavy atom. The number of nitrogens with one attached hydrogen (secondary N) is 1. The lowest BCUT2D eigenvalue weighted by Gasteiger charge is -2.28. The molecule has 0 saturated heterocycles. The van der Waals surface area contributed by atoms with Gasteiger partial charge in [0.2, 0.25) is 0 Å². The zero-order chi connectivity index (χ0) is 12.5. The van der Waals surface area contributed by atoms with Crippen LogP contribution in [0.1, 0.15) is 63.6 Å². The summed E-state index contributed by atoms with van der Waals surface area (Å²) in [5.41, 5.74) is 3.45. The molecule has 0 unspecified atom stereocenters. The molecule has 1 aromatic rings. The van der Waals surface area contributed by atoms with Gasteiger partial charge in [-0.25, -0.2) is 0 Å². The molecule has 0 saturated carbocycles. The van der Waals surface area contributed by atoms with Gasteiger partial charge < -0.3 is 5.32 Å². The molecular weight excluding hydrogens is 206 g/mol. The minimum Gasteiger partial charge on any atom is -0.310 e. The summed E-state index contributed by atoms with van der Waals surface area (Å²) in [6, 6.07) is 9.53. The predicted molar refractivity (Wildman–Crippen MR) is 74.3 cm³/mol. The van der Waals surface area contributed by atoms with Gasteiger partial charge in [0.25, 0.3) is 0 Å². The molecule has 94 valence electrons. The maximum atomic E-state index is 3.69. The summed E-state index contributed by atoms with van der Waals surface area (Å²) in [6.07, 6.45) is 2.46. The second-order valence-electron chi connectivity index (χ2n) is 6.29. The molecule has 0 spiro atoms. The maximum Gasteiger partial charge on any atom is 0.0329 e. The molecule has 1 aromatic carbocycles. The van der Waals surface area contributed by atoms with E-state index in [9.17, 15) is 0 Å². The third-order valence-electron chi connectivity index (χ3n) is 3.90. The summed E-state index contributed by atoms with van der Waals surface area (Å²) in [6.45, 7) is 10.4. The highest BCUT2D eigenvalue weighted by Gasteiger charge is 2.36. The van der Waals surface area contributed by atoms with E-state index in [2.05, 4.69) is 57.3 Å². The lowest BCUT2D eigenvalue weighted by Crippen LogP contribution is -2.21. The molecule has 0 aromatic heterocycles. The van der Waals surface area contributed by atoms with Crippen molar-refractivity contribution in [2.75, 3.05) is 6.54 Å². The topological polar surface area (TPSA) is 12.0 Å². The van der Waals surface area contributed by atoms with Crippen molar-refractivity contribution in [1.29, 1.82) is 0 Å². The van der Waals surface area contributed by atoms with Crippen LogP contribution in [0.4, 0.5) is 0 Å². The van der Waals surface area contributed by atoms with E-state index in [0.29, 0.717) is 17.4 Å². The zero-order valence-electron chi connectivity index (χ0n) is 11.6. The summed E-state index contributed by atoms with van der Waals surface area (Å²) in [7, 11) is 0. The SMILES string of the molecule is CCCN[C@H]1C[C@H](C(C)(C)C)c2ccccc21. The fraction of sp³-hybridized carbons (Fsp3) is 0.625. The summed E-state index contributed by atoms with van der Waals surface area (Å²) in [4.78, 5) is 0. The fourth-order valence-electron chi connectivity index (χ4n) is 2.97. The molecule has 0 bridgehead atoms. The number of benzene rings is 1. The maximum absolute atomic E-state index is 3.69. The second kappa shape index (κ2) is 4.81. The van der Waals surface area contributed by atoms with E-state index in [1.807, 2.05) is 0 Å². The van der Waals surface area contributed by atoms with E-state index in [-0.39, 0.29) is 0 Å². The standard InChI is InChI=1S/C16H25N/c1-5-10-17-15-11-14(16(2,3)4)12-8-6-7-9-13(12)15/h6-9,14-15,17H,5,10-11H2,1-4H3/t14-,15-/m0/s1. The molecule has 0 amide bonds. The highest BCUT2D eigenvalue weighted by atomic mass is 14.9. The number of hydrogen-bond donors (Lipinski definition) is 1. The molecule has 0 aliphatic heterocycles. The monoisotopic (exact) mass is 231 g/mol. The van der Waals surface area contributed by atoms with Gasteiger partial charge in [-0.2, -0.15) is 0 Å². The molecule has 0 radical (unpaired) electrons. The molecule has 1 nitrogen and oxygen atoms in total. The molecule has 1 aliphatic rings. The van der Waals surface area contributed by atoms with Crippen molar-refractivity contribution in [3.05, 3.63) is 35.4 Å². The van der Waals surface area contributed by atoms with Crippen molar-refractivity contribution < 1.29 is 0 Å². The predicted octanol–water partition coefficient (Wildman–Crippen LogP) is 4.26. The molecule has 1 heteroatoms. The van der Waals surface area contributed by atoms with Crippen LogP contribution in [0.25, 0.3) is 0 Å². The van der Waals surface area contributed by atoms with Crippen LogP contribution in [0.5, 0.6) is 0 Å². The van der Waals surface area contributed by atoms with Gasteiger partial charge in [0.05, 0.1) is 0 Å². The van der Waals surface area contributed by atoms with Gasteiger partial charge in [0, 0.05) is 6.04 Å². The van der Waals surface area contributed by atoms with E-state index in [0.717, 1.165) is 6.54 Å². The summed E-state index contributed by atoms with van der Waals surface area (Å²) < 4.78 is 0. The van der Waals surface area contributed by atoms with Crippen molar-refractivity contribution in [3.8, 4) is 0 Å². The summed E-state index contributed by atoms with van der Waals surface area (Å²) in [5.74, 6) is 0.688. The summed E-state index contributed by atoms with van der Waals surface area (Å²) >= 11 is 0. The number of hydrogen-bond acceptors (Lipinski definition) is 1. The first-order valence-electron chi connectivity index (χ1n) is 6.86. The Labute approximate surface area is 106 Å². The lowest BCUT2D eigenvalue weighted by atomic mass is 9.77. The Morgan fingerprint density at radius 1 is 1.18 bits per heavy atom. The average Bonchev–Trinajstić information content (AvgIpc) is 2.65. The first-order valence-corrected chi connectivity index (χ1v) is 6.86. The van der Waals surface area contributed by atoms with Crippen LogP contribution in [0.15, 0.2) is 24.3 Å². The first kappa shape index (κ1) is 12.6. The summed E-state index contributed by atoms with van der Waals surface area (Å²) in [5, 5.41) is 3.69. The largest absolute Gasteiger partial charge is 0.310 e. The molecule has 1 N–H and O–H groups in total. The quantitative estimate of drug-likeness (QED) is 0.819. The van der Waals surface area contributed by atoms with Gasteiger partial charge in [-0.05, 0) is 41.8 Å². The number of fused-ring (bicyclic) bond motifs is 1. The highest BCUT2D eigenvalue weighted by Crippen LogP contribution is 2.48. The van der Waals surface area contributed by atoms with Crippen LogP contribution >= 0.6 is 0 Å². The van der Waals surface area contributed by atoms with Gasteiger partial charge >= 0.3 is 0 Å².